The Kier molecular flexibility index (Phi) is 6.10. The molecule has 0 saturated carbocycles. The second kappa shape index (κ2) is 9.47. The van der Waals surface area contributed by atoms with E-state index in [0.29, 0.717) is 17.6 Å². The highest BCUT2D eigenvalue weighted by Gasteiger charge is 2.41. The van der Waals surface area contributed by atoms with Crippen molar-refractivity contribution >= 4 is 11.7 Å². The summed E-state index contributed by atoms with van der Waals surface area (Å²) in [5, 5.41) is 0. The van der Waals surface area contributed by atoms with Crippen molar-refractivity contribution in [3.63, 3.8) is 0 Å². The minimum absolute atomic E-state index is 0.0653. The summed E-state index contributed by atoms with van der Waals surface area (Å²) in [4.78, 5) is 18.9. The summed E-state index contributed by atoms with van der Waals surface area (Å²) in [6.07, 6.45) is -1.58. The molecule has 196 valence electrons. The lowest BCUT2D eigenvalue weighted by atomic mass is 9.90. The van der Waals surface area contributed by atoms with E-state index in [2.05, 4.69) is 29.2 Å². The lowest BCUT2D eigenvalue weighted by Gasteiger charge is -2.44. The average Bonchev–Trinajstić information content (AvgIpc) is 3.23. The Morgan fingerprint density at radius 1 is 1.08 bits per heavy atom. The van der Waals surface area contributed by atoms with Crippen LogP contribution in [0.1, 0.15) is 34.6 Å². The van der Waals surface area contributed by atoms with Crippen molar-refractivity contribution in [2.45, 2.75) is 30.6 Å². The molecule has 0 radical (unpaired) electrons. The number of ether oxygens (including phenoxy) is 3. The lowest BCUT2D eigenvalue weighted by Crippen LogP contribution is -2.56. The molecule has 2 bridgehead atoms. The molecule has 6 nitrogen and oxygen atoms in total. The van der Waals surface area contributed by atoms with Crippen LogP contribution in [0.15, 0.2) is 66.9 Å². The summed E-state index contributed by atoms with van der Waals surface area (Å²) in [7, 11) is 1.16. The van der Waals surface area contributed by atoms with Gasteiger partial charge in [-0.3, -0.25) is 4.90 Å². The summed E-state index contributed by atoms with van der Waals surface area (Å²) in [5.41, 5.74) is 4.64. The monoisotopic (exact) mass is 522 g/mol. The minimum atomic E-state index is -4.60. The van der Waals surface area contributed by atoms with Gasteiger partial charge < -0.3 is 14.2 Å². The first kappa shape index (κ1) is 24.5. The van der Waals surface area contributed by atoms with Crippen LogP contribution in [0.3, 0.4) is 0 Å². The van der Waals surface area contributed by atoms with Crippen molar-refractivity contribution in [3.8, 4) is 17.0 Å². The van der Waals surface area contributed by atoms with Crippen molar-refractivity contribution in [3.05, 3.63) is 89.1 Å². The number of nitrogens with zero attached hydrogens (tertiary/aromatic N) is 2. The number of aromatic nitrogens is 1. The number of alkyl halides is 3. The van der Waals surface area contributed by atoms with Crippen molar-refractivity contribution in [2.24, 2.45) is 0 Å². The van der Waals surface area contributed by atoms with Crippen LogP contribution in [0.5, 0.6) is 5.88 Å². The number of carbonyl (C=O) groups excluding carboxylic acids is 1. The minimum Gasteiger partial charge on any atom is -0.481 e. The fourth-order valence-corrected chi connectivity index (χ4v) is 5.76. The van der Waals surface area contributed by atoms with E-state index in [1.807, 2.05) is 24.3 Å². The van der Waals surface area contributed by atoms with Crippen LogP contribution in [-0.2, 0) is 15.7 Å². The highest BCUT2D eigenvalue weighted by atomic mass is 19.4. The number of amides is 1. The lowest BCUT2D eigenvalue weighted by molar-refractivity contribution is -0.139. The zero-order valence-corrected chi connectivity index (χ0v) is 20.6. The van der Waals surface area contributed by atoms with Gasteiger partial charge in [0.1, 0.15) is 12.2 Å². The zero-order valence-electron chi connectivity index (χ0n) is 20.6. The Bertz CT molecular complexity index is 1380. The number of rotatable bonds is 4. The molecule has 3 heterocycles. The molecule has 0 N–H and O–H groups in total. The average molecular weight is 523 g/mol. The van der Waals surface area contributed by atoms with Crippen LogP contribution >= 0.6 is 0 Å². The second-order valence-electron chi connectivity index (χ2n) is 9.64. The van der Waals surface area contributed by atoms with Gasteiger partial charge in [0.15, 0.2) is 0 Å². The summed E-state index contributed by atoms with van der Waals surface area (Å²) in [6, 6.07) is 16.5. The molecular weight excluding hydrogens is 497 g/mol. The third-order valence-corrected chi connectivity index (χ3v) is 7.47. The predicted octanol–water partition coefficient (Wildman–Crippen LogP) is 5.91. The molecule has 2 unspecified atom stereocenters. The molecule has 3 aliphatic rings. The van der Waals surface area contributed by atoms with Crippen molar-refractivity contribution in [1.29, 1.82) is 0 Å². The molecular formula is C29H25F3N2O4. The standard InChI is InChI=1S/C29H25F3N2O4/c1-36-27-26(29(30,31)32)12-18(13-33-27)17-10-19-14-37-15-20(11-17)34(19)28(35)38-16-25-23-8-4-2-6-21(23)22-7-3-5-9-24(22)25/h2-10,12-13,19-20,25H,11,14-16H2,1H3. The van der Waals surface area contributed by atoms with Crippen LogP contribution in [0, 0.1) is 0 Å². The van der Waals surface area contributed by atoms with Gasteiger partial charge in [0.05, 0.1) is 32.4 Å². The van der Waals surface area contributed by atoms with Gasteiger partial charge in [-0.1, -0.05) is 54.6 Å². The molecule has 9 heteroatoms. The first-order chi connectivity index (χ1) is 18.3. The van der Waals surface area contributed by atoms with E-state index in [4.69, 9.17) is 14.2 Å². The molecule has 6 rings (SSSR count). The number of halogens is 3. The normalized spacial score (nSPS) is 20.4. The molecule has 2 aliphatic heterocycles. The first-order valence-corrected chi connectivity index (χ1v) is 12.4. The number of methoxy groups -OCH3 is 1. The third kappa shape index (κ3) is 4.20. The fourth-order valence-electron chi connectivity index (χ4n) is 5.76. The van der Waals surface area contributed by atoms with Gasteiger partial charge >= 0.3 is 12.3 Å². The Morgan fingerprint density at radius 3 is 2.39 bits per heavy atom. The van der Waals surface area contributed by atoms with Gasteiger partial charge in [-0.15, -0.1) is 0 Å². The van der Waals surface area contributed by atoms with E-state index >= 15 is 0 Å². The summed E-state index contributed by atoms with van der Waals surface area (Å²) in [6.45, 7) is 0.700. The second-order valence-corrected chi connectivity index (χ2v) is 9.64. The van der Waals surface area contributed by atoms with Crippen LogP contribution < -0.4 is 4.74 Å². The molecule has 0 spiro atoms. The Labute approximate surface area is 217 Å². The van der Waals surface area contributed by atoms with Gasteiger partial charge in [0.2, 0.25) is 5.88 Å². The van der Waals surface area contributed by atoms with Crippen molar-refractivity contribution < 1.29 is 32.2 Å². The number of benzene rings is 2. The quantitative estimate of drug-likeness (QED) is 0.426. The van der Waals surface area contributed by atoms with Crippen molar-refractivity contribution in [2.75, 3.05) is 26.9 Å². The number of pyridine rings is 1. The Balaban J connectivity index is 1.22. The smallest absolute Gasteiger partial charge is 0.421 e. The summed E-state index contributed by atoms with van der Waals surface area (Å²) < 4.78 is 57.0. The van der Waals surface area contributed by atoms with E-state index < -0.39 is 29.8 Å². The maximum Gasteiger partial charge on any atom is 0.421 e. The van der Waals surface area contributed by atoms with Gasteiger partial charge in [0, 0.05) is 12.1 Å². The molecule has 3 aromatic rings. The van der Waals surface area contributed by atoms with Gasteiger partial charge in [-0.25, -0.2) is 9.78 Å². The molecule has 2 atom stereocenters. The number of morpholine rings is 1. The van der Waals surface area contributed by atoms with Crippen LogP contribution in [0.4, 0.5) is 18.0 Å². The molecule has 2 aromatic carbocycles. The summed E-state index contributed by atoms with van der Waals surface area (Å²) >= 11 is 0. The Morgan fingerprint density at radius 2 is 1.76 bits per heavy atom. The molecule has 38 heavy (non-hydrogen) atoms. The number of carbonyl (C=O) groups is 1. The van der Waals surface area contributed by atoms with E-state index in [-0.39, 0.29) is 31.8 Å². The number of hydrogen-bond donors (Lipinski definition) is 0. The number of fused-ring (bicyclic) bond motifs is 5. The molecule has 1 aromatic heterocycles. The van der Waals surface area contributed by atoms with E-state index in [1.165, 1.54) is 6.20 Å². The Hall–Kier alpha value is -3.85. The first-order valence-electron chi connectivity index (χ1n) is 12.4. The largest absolute Gasteiger partial charge is 0.481 e. The van der Waals surface area contributed by atoms with Crippen LogP contribution in [0.25, 0.3) is 16.7 Å². The van der Waals surface area contributed by atoms with E-state index in [9.17, 15) is 18.0 Å². The SMILES string of the molecule is COc1ncc(C2=CC3COCC(C2)N3C(=O)OCC2c3ccccc3-c3ccccc32)cc1C(F)(F)F. The highest BCUT2D eigenvalue weighted by molar-refractivity contribution is 5.79. The summed E-state index contributed by atoms with van der Waals surface area (Å²) in [5.74, 6) is -0.536. The fraction of sp³-hybridized carbons (Fsp3) is 0.310. The van der Waals surface area contributed by atoms with Crippen LogP contribution in [0.2, 0.25) is 0 Å². The van der Waals surface area contributed by atoms with Gasteiger partial charge in [-0.2, -0.15) is 13.2 Å². The number of hydrogen-bond acceptors (Lipinski definition) is 5. The van der Waals surface area contributed by atoms with Gasteiger partial charge in [0.25, 0.3) is 0 Å². The van der Waals surface area contributed by atoms with Gasteiger partial charge in [-0.05, 0) is 45.9 Å². The molecule has 1 aliphatic carbocycles. The van der Waals surface area contributed by atoms with E-state index in [1.54, 1.807) is 11.0 Å². The predicted molar refractivity (Wildman–Crippen MR) is 134 cm³/mol. The zero-order chi connectivity index (χ0) is 26.4. The maximum atomic E-state index is 13.6. The maximum absolute atomic E-state index is 13.6. The molecule has 1 saturated heterocycles. The highest BCUT2D eigenvalue weighted by Crippen LogP contribution is 2.45. The molecule has 1 fully saturated rings. The van der Waals surface area contributed by atoms with Crippen LogP contribution in [-0.4, -0.2) is 55.0 Å². The topological polar surface area (TPSA) is 60.9 Å². The third-order valence-electron chi connectivity index (χ3n) is 7.47. The van der Waals surface area contributed by atoms with Crippen molar-refractivity contribution in [1.82, 2.24) is 9.88 Å². The van der Waals surface area contributed by atoms with E-state index in [0.717, 1.165) is 35.4 Å². The molecule has 1 amide bonds.